The van der Waals surface area contributed by atoms with Gasteiger partial charge in [0.05, 0.1) is 18.1 Å². The van der Waals surface area contributed by atoms with Gasteiger partial charge in [0.1, 0.15) is 11.9 Å². The molecule has 1 aromatic heterocycles. The Kier molecular flexibility index (Phi) is 3.65. The minimum atomic E-state index is -0.548. The van der Waals surface area contributed by atoms with Crippen LogP contribution in [0.2, 0.25) is 0 Å². The van der Waals surface area contributed by atoms with E-state index in [0.29, 0.717) is 13.2 Å². The van der Waals surface area contributed by atoms with E-state index in [1.54, 1.807) is 0 Å². The maximum atomic E-state index is 10.7. The van der Waals surface area contributed by atoms with Crippen molar-refractivity contribution in [1.82, 2.24) is 9.78 Å². The minimum absolute atomic E-state index is 0.0382. The zero-order valence-corrected chi connectivity index (χ0v) is 10.4. The summed E-state index contributed by atoms with van der Waals surface area (Å²) in [7, 11) is 0. The quantitative estimate of drug-likeness (QED) is 0.654. The normalized spacial score (nSPS) is 10.4. The molecule has 0 saturated heterocycles. The highest BCUT2D eigenvalue weighted by molar-refractivity contribution is 5.51. The van der Waals surface area contributed by atoms with Crippen LogP contribution >= 0.6 is 0 Å². The Morgan fingerprint density at radius 2 is 2.21 bits per heavy atom. The maximum Gasteiger partial charge on any atom is 0.330 e. The van der Waals surface area contributed by atoms with E-state index in [1.807, 2.05) is 31.2 Å². The molecular weight excluding hydrogens is 248 g/mol. The van der Waals surface area contributed by atoms with Crippen molar-refractivity contribution in [2.75, 3.05) is 12.3 Å². The van der Waals surface area contributed by atoms with Gasteiger partial charge in [0.15, 0.2) is 0 Å². The average Bonchev–Trinajstić information content (AvgIpc) is 2.74. The summed E-state index contributed by atoms with van der Waals surface area (Å²) < 4.78 is 6.87. The molecule has 0 fully saturated rings. The first-order valence-electron chi connectivity index (χ1n) is 5.79. The van der Waals surface area contributed by atoms with Gasteiger partial charge >= 0.3 is 5.69 Å². The molecule has 0 saturated carbocycles. The molecule has 0 aliphatic rings. The maximum absolute atomic E-state index is 10.7. The lowest BCUT2D eigenvalue weighted by Gasteiger charge is -2.10. The zero-order valence-electron chi connectivity index (χ0n) is 10.4. The van der Waals surface area contributed by atoms with Crippen LogP contribution in [0.25, 0.3) is 0 Å². The van der Waals surface area contributed by atoms with Gasteiger partial charge in [-0.15, -0.1) is 0 Å². The second kappa shape index (κ2) is 5.38. The van der Waals surface area contributed by atoms with Gasteiger partial charge in [-0.1, -0.05) is 18.2 Å². The van der Waals surface area contributed by atoms with Gasteiger partial charge in [-0.05, 0) is 13.0 Å². The largest absolute Gasteiger partial charge is 0.494 e. The third-order valence-corrected chi connectivity index (χ3v) is 2.65. The number of nitrogens with two attached hydrogens (primary N) is 1. The average molecular weight is 262 g/mol. The van der Waals surface area contributed by atoms with Crippen LogP contribution in [-0.4, -0.2) is 21.3 Å². The summed E-state index contributed by atoms with van der Waals surface area (Å²) >= 11 is 0. The number of benzene rings is 1. The summed E-state index contributed by atoms with van der Waals surface area (Å²) in [6, 6.07) is 7.44. The van der Waals surface area contributed by atoms with Crippen molar-refractivity contribution >= 4 is 11.5 Å². The van der Waals surface area contributed by atoms with Crippen LogP contribution in [-0.2, 0) is 6.54 Å². The zero-order chi connectivity index (χ0) is 13.8. The second-order valence-corrected chi connectivity index (χ2v) is 3.87. The highest BCUT2D eigenvalue weighted by Gasteiger charge is 2.18. The predicted molar refractivity (Wildman–Crippen MR) is 70.0 cm³/mol. The molecule has 0 radical (unpaired) electrons. The molecule has 0 aliphatic heterocycles. The van der Waals surface area contributed by atoms with E-state index >= 15 is 0 Å². The van der Waals surface area contributed by atoms with Crippen molar-refractivity contribution in [2.45, 2.75) is 13.5 Å². The van der Waals surface area contributed by atoms with Gasteiger partial charge in [0, 0.05) is 5.56 Å². The van der Waals surface area contributed by atoms with E-state index in [9.17, 15) is 10.1 Å². The van der Waals surface area contributed by atoms with E-state index in [-0.39, 0.29) is 11.5 Å². The number of aromatic nitrogens is 2. The Hall–Kier alpha value is -2.57. The Morgan fingerprint density at radius 1 is 1.47 bits per heavy atom. The molecule has 1 heterocycles. The Labute approximate surface area is 109 Å². The first kappa shape index (κ1) is 12.9. The molecule has 0 aliphatic carbocycles. The van der Waals surface area contributed by atoms with Crippen LogP contribution in [0.15, 0.2) is 30.5 Å². The molecule has 0 amide bonds. The number of nitro groups is 1. The standard InChI is InChI=1S/C12H14N4O3/c1-2-19-11-6-4-3-5-9(11)8-15-12(13)10(7-14-15)16(17)18/h3-7H,2,8,13H2,1H3. The highest BCUT2D eigenvalue weighted by Crippen LogP contribution is 2.24. The van der Waals surface area contributed by atoms with Gasteiger partial charge in [0.25, 0.3) is 0 Å². The molecule has 2 aromatic rings. The molecular formula is C12H14N4O3. The third kappa shape index (κ3) is 2.65. The van der Waals surface area contributed by atoms with Crippen molar-refractivity contribution in [3.8, 4) is 5.75 Å². The SMILES string of the molecule is CCOc1ccccc1Cn1ncc([N+](=O)[O-])c1N. The van der Waals surface area contributed by atoms with Gasteiger partial charge in [-0.2, -0.15) is 5.10 Å². The summed E-state index contributed by atoms with van der Waals surface area (Å²) in [5.41, 5.74) is 6.38. The summed E-state index contributed by atoms with van der Waals surface area (Å²) in [6.07, 6.45) is 1.15. The third-order valence-electron chi connectivity index (χ3n) is 2.65. The van der Waals surface area contributed by atoms with Crippen LogP contribution in [0, 0.1) is 10.1 Å². The highest BCUT2D eigenvalue weighted by atomic mass is 16.6. The number of hydrogen-bond acceptors (Lipinski definition) is 5. The van der Waals surface area contributed by atoms with Crippen LogP contribution in [0.4, 0.5) is 11.5 Å². The summed E-state index contributed by atoms with van der Waals surface area (Å²) in [5.74, 6) is 0.763. The van der Waals surface area contributed by atoms with Gasteiger partial charge in [0.2, 0.25) is 5.82 Å². The Balaban J connectivity index is 2.29. The van der Waals surface area contributed by atoms with Gasteiger partial charge in [-0.3, -0.25) is 10.1 Å². The summed E-state index contributed by atoms with van der Waals surface area (Å²) in [4.78, 5) is 10.2. The van der Waals surface area contributed by atoms with Crippen molar-refractivity contribution in [3.63, 3.8) is 0 Å². The number of hydrogen-bond donors (Lipinski definition) is 1. The van der Waals surface area contributed by atoms with Gasteiger partial charge < -0.3 is 10.5 Å². The van der Waals surface area contributed by atoms with Crippen LogP contribution < -0.4 is 10.5 Å². The second-order valence-electron chi connectivity index (χ2n) is 3.87. The molecule has 0 spiro atoms. The molecule has 100 valence electrons. The number of rotatable bonds is 5. The molecule has 0 atom stereocenters. The fourth-order valence-corrected chi connectivity index (χ4v) is 1.74. The lowest BCUT2D eigenvalue weighted by atomic mass is 10.2. The predicted octanol–water partition coefficient (Wildman–Crippen LogP) is 1.82. The van der Waals surface area contributed by atoms with Crippen LogP contribution in [0.5, 0.6) is 5.75 Å². The molecule has 0 bridgehead atoms. The molecule has 0 unspecified atom stereocenters. The van der Waals surface area contributed by atoms with Crippen molar-refractivity contribution in [3.05, 3.63) is 46.1 Å². The van der Waals surface area contributed by atoms with Crippen molar-refractivity contribution in [1.29, 1.82) is 0 Å². The van der Waals surface area contributed by atoms with Crippen LogP contribution in [0.3, 0.4) is 0 Å². The Morgan fingerprint density at radius 3 is 2.84 bits per heavy atom. The molecule has 7 heteroatoms. The topological polar surface area (TPSA) is 96.2 Å². The number of nitrogen functional groups attached to an aromatic ring is 1. The summed E-state index contributed by atoms with van der Waals surface area (Å²) in [6.45, 7) is 2.77. The van der Waals surface area contributed by atoms with Crippen molar-refractivity contribution < 1.29 is 9.66 Å². The fourth-order valence-electron chi connectivity index (χ4n) is 1.74. The Bertz CT molecular complexity index is 594. The van der Waals surface area contributed by atoms with E-state index in [1.165, 1.54) is 4.68 Å². The first-order valence-corrected chi connectivity index (χ1v) is 5.79. The van der Waals surface area contributed by atoms with E-state index in [2.05, 4.69) is 5.10 Å². The van der Waals surface area contributed by atoms with E-state index in [4.69, 9.17) is 10.5 Å². The van der Waals surface area contributed by atoms with Gasteiger partial charge in [-0.25, -0.2) is 4.68 Å². The first-order chi connectivity index (χ1) is 9.13. The molecule has 2 rings (SSSR count). The number of para-hydroxylation sites is 1. The lowest BCUT2D eigenvalue weighted by Crippen LogP contribution is -2.08. The van der Waals surface area contributed by atoms with Crippen LogP contribution in [0.1, 0.15) is 12.5 Å². The number of ether oxygens (including phenoxy) is 1. The molecule has 19 heavy (non-hydrogen) atoms. The lowest BCUT2D eigenvalue weighted by molar-refractivity contribution is -0.384. The molecule has 1 aromatic carbocycles. The fraction of sp³-hybridized carbons (Fsp3) is 0.250. The summed E-state index contributed by atoms with van der Waals surface area (Å²) in [5, 5.41) is 14.6. The van der Waals surface area contributed by atoms with Crippen molar-refractivity contribution in [2.24, 2.45) is 0 Å². The monoisotopic (exact) mass is 262 g/mol. The smallest absolute Gasteiger partial charge is 0.330 e. The van der Waals surface area contributed by atoms with E-state index in [0.717, 1.165) is 17.5 Å². The minimum Gasteiger partial charge on any atom is -0.494 e. The molecule has 7 nitrogen and oxygen atoms in total. The number of anilines is 1. The van der Waals surface area contributed by atoms with E-state index < -0.39 is 4.92 Å². The molecule has 2 N–H and O–H groups in total. The number of nitrogens with zero attached hydrogens (tertiary/aromatic N) is 3.